The number of benzene rings is 1. The van der Waals surface area contributed by atoms with Crippen LogP contribution in [0.1, 0.15) is 5.82 Å². The van der Waals surface area contributed by atoms with Gasteiger partial charge in [-0.05, 0) is 12.1 Å². The normalized spacial score (nSPS) is 12.4. The Balaban J connectivity index is 1.82. The van der Waals surface area contributed by atoms with E-state index in [-0.39, 0.29) is 6.61 Å². The highest BCUT2D eigenvalue weighted by Crippen LogP contribution is 2.09. The van der Waals surface area contributed by atoms with Crippen molar-refractivity contribution in [1.29, 1.82) is 0 Å². The Morgan fingerprint density at radius 3 is 2.76 bits per heavy atom. The number of aliphatic hydroxyl groups is 1. The number of aliphatic hydroxyl groups excluding tert-OH is 1. The van der Waals surface area contributed by atoms with Gasteiger partial charge in [0, 0.05) is 13.5 Å². The van der Waals surface area contributed by atoms with Gasteiger partial charge in [0.1, 0.15) is 24.5 Å². The second-order valence-electron chi connectivity index (χ2n) is 3.78. The van der Waals surface area contributed by atoms with Crippen molar-refractivity contribution in [2.45, 2.75) is 12.5 Å². The van der Waals surface area contributed by atoms with E-state index in [2.05, 4.69) is 10.1 Å². The molecule has 2 rings (SSSR count). The first kappa shape index (κ1) is 11.6. The van der Waals surface area contributed by atoms with E-state index in [1.807, 2.05) is 30.3 Å². The molecular weight excluding hydrogens is 218 g/mol. The van der Waals surface area contributed by atoms with Crippen LogP contribution >= 0.6 is 0 Å². The molecule has 0 amide bonds. The first-order valence-corrected chi connectivity index (χ1v) is 5.44. The van der Waals surface area contributed by atoms with E-state index >= 15 is 0 Å². The summed E-state index contributed by atoms with van der Waals surface area (Å²) in [5.41, 5.74) is 0. The van der Waals surface area contributed by atoms with Gasteiger partial charge in [0.25, 0.3) is 0 Å². The molecule has 0 saturated heterocycles. The highest BCUT2D eigenvalue weighted by Gasteiger charge is 2.10. The molecule has 5 nitrogen and oxygen atoms in total. The summed E-state index contributed by atoms with van der Waals surface area (Å²) in [6.45, 7) is 0.247. The van der Waals surface area contributed by atoms with Gasteiger partial charge in [0.05, 0.1) is 6.10 Å². The Labute approximate surface area is 99.7 Å². The van der Waals surface area contributed by atoms with Gasteiger partial charge in [-0.2, -0.15) is 5.10 Å². The maximum Gasteiger partial charge on any atom is 0.138 e. The number of hydrogen-bond acceptors (Lipinski definition) is 4. The number of ether oxygens (including phenoxy) is 1. The van der Waals surface area contributed by atoms with Gasteiger partial charge in [-0.1, -0.05) is 18.2 Å². The Morgan fingerprint density at radius 1 is 1.35 bits per heavy atom. The van der Waals surface area contributed by atoms with E-state index in [4.69, 9.17) is 4.74 Å². The highest BCUT2D eigenvalue weighted by molar-refractivity contribution is 5.20. The predicted octanol–water partition coefficient (Wildman–Crippen LogP) is 0.798. The van der Waals surface area contributed by atoms with Crippen molar-refractivity contribution in [3.63, 3.8) is 0 Å². The van der Waals surface area contributed by atoms with Crippen LogP contribution in [0.4, 0.5) is 0 Å². The fraction of sp³-hybridized carbons (Fsp3) is 0.333. The van der Waals surface area contributed by atoms with Crippen LogP contribution in [0.25, 0.3) is 0 Å². The Hall–Kier alpha value is -1.88. The van der Waals surface area contributed by atoms with Crippen LogP contribution in [0, 0.1) is 0 Å². The van der Waals surface area contributed by atoms with Gasteiger partial charge >= 0.3 is 0 Å². The van der Waals surface area contributed by atoms with Crippen molar-refractivity contribution in [3.05, 3.63) is 42.5 Å². The summed E-state index contributed by atoms with van der Waals surface area (Å²) < 4.78 is 7.09. The van der Waals surface area contributed by atoms with Crippen molar-refractivity contribution in [3.8, 4) is 5.75 Å². The van der Waals surface area contributed by atoms with Gasteiger partial charge in [-0.25, -0.2) is 4.98 Å². The molecule has 90 valence electrons. The average Bonchev–Trinajstić information content (AvgIpc) is 2.74. The maximum atomic E-state index is 9.80. The predicted molar refractivity (Wildman–Crippen MR) is 62.7 cm³/mol. The number of para-hydroxylation sites is 1. The molecule has 0 saturated carbocycles. The Morgan fingerprint density at radius 2 is 2.12 bits per heavy atom. The molecule has 1 atom stereocenters. The fourth-order valence-corrected chi connectivity index (χ4v) is 1.48. The zero-order valence-electron chi connectivity index (χ0n) is 9.65. The van der Waals surface area contributed by atoms with E-state index in [0.717, 1.165) is 11.6 Å². The van der Waals surface area contributed by atoms with E-state index in [0.29, 0.717) is 6.42 Å². The summed E-state index contributed by atoms with van der Waals surface area (Å²) in [4.78, 5) is 4.05. The first-order chi connectivity index (χ1) is 8.25. The van der Waals surface area contributed by atoms with Gasteiger partial charge < -0.3 is 9.84 Å². The van der Waals surface area contributed by atoms with E-state index < -0.39 is 6.10 Å². The average molecular weight is 233 g/mol. The number of rotatable bonds is 5. The third kappa shape index (κ3) is 3.29. The fourth-order valence-electron chi connectivity index (χ4n) is 1.48. The summed E-state index contributed by atoms with van der Waals surface area (Å²) >= 11 is 0. The lowest BCUT2D eigenvalue weighted by atomic mass is 10.2. The molecule has 1 N–H and O–H groups in total. The molecule has 0 aliphatic rings. The Kier molecular flexibility index (Phi) is 3.72. The van der Waals surface area contributed by atoms with Gasteiger partial charge in [-0.3, -0.25) is 4.68 Å². The third-order valence-electron chi connectivity index (χ3n) is 2.41. The zero-order chi connectivity index (χ0) is 12.1. The summed E-state index contributed by atoms with van der Waals surface area (Å²) in [6, 6.07) is 9.42. The summed E-state index contributed by atoms with van der Waals surface area (Å²) in [5.74, 6) is 1.50. The topological polar surface area (TPSA) is 60.2 Å². The van der Waals surface area contributed by atoms with Crippen LogP contribution in [-0.4, -0.2) is 32.6 Å². The molecule has 0 bridgehead atoms. The lowest BCUT2D eigenvalue weighted by molar-refractivity contribution is 0.105. The second-order valence-corrected chi connectivity index (χ2v) is 3.78. The van der Waals surface area contributed by atoms with E-state index in [9.17, 15) is 5.11 Å². The lowest BCUT2D eigenvalue weighted by Crippen LogP contribution is -2.22. The molecule has 5 heteroatoms. The van der Waals surface area contributed by atoms with Crippen molar-refractivity contribution >= 4 is 0 Å². The molecule has 1 aromatic heterocycles. The maximum absolute atomic E-state index is 9.80. The van der Waals surface area contributed by atoms with Crippen LogP contribution in [0.3, 0.4) is 0 Å². The molecule has 17 heavy (non-hydrogen) atoms. The number of hydrogen-bond donors (Lipinski definition) is 1. The molecule has 1 heterocycles. The standard InChI is InChI=1S/C12H15N3O2/c1-15-12(13-9-14-15)7-10(16)8-17-11-5-3-2-4-6-11/h2-6,9-10,16H,7-8H2,1H3. The molecular formula is C12H15N3O2. The van der Waals surface area contributed by atoms with Gasteiger partial charge in [-0.15, -0.1) is 0 Å². The lowest BCUT2D eigenvalue weighted by Gasteiger charge is -2.11. The first-order valence-electron chi connectivity index (χ1n) is 5.44. The van der Waals surface area contributed by atoms with Crippen molar-refractivity contribution < 1.29 is 9.84 Å². The van der Waals surface area contributed by atoms with E-state index in [1.165, 1.54) is 6.33 Å². The molecule has 0 radical (unpaired) electrons. The molecule has 0 aliphatic heterocycles. The SMILES string of the molecule is Cn1ncnc1CC(O)COc1ccccc1. The molecule has 1 aromatic carbocycles. The van der Waals surface area contributed by atoms with Crippen LogP contribution in [0.15, 0.2) is 36.7 Å². The van der Waals surface area contributed by atoms with Crippen LogP contribution in [0.5, 0.6) is 5.75 Å². The highest BCUT2D eigenvalue weighted by atomic mass is 16.5. The van der Waals surface area contributed by atoms with Crippen molar-refractivity contribution in [2.75, 3.05) is 6.61 Å². The summed E-state index contributed by atoms with van der Waals surface area (Å²) in [6.07, 6.45) is 1.32. The minimum Gasteiger partial charge on any atom is -0.491 e. The Bertz CT molecular complexity index is 456. The van der Waals surface area contributed by atoms with Crippen molar-refractivity contribution in [2.24, 2.45) is 7.05 Å². The smallest absolute Gasteiger partial charge is 0.138 e. The number of aryl methyl sites for hydroxylation is 1. The molecule has 2 aromatic rings. The molecule has 0 spiro atoms. The van der Waals surface area contributed by atoms with Crippen molar-refractivity contribution in [1.82, 2.24) is 14.8 Å². The summed E-state index contributed by atoms with van der Waals surface area (Å²) in [7, 11) is 1.80. The summed E-state index contributed by atoms with van der Waals surface area (Å²) in [5, 5.41) is 13.7. The molecule has 1 unspecified atom stereocenters. The van der Waals surface area contributed by atoms with Crippen LogP contribution < -0.4 is 4.74 Å². The third-order valence-corrected chi connectivity index (χ3v) is 2.41. The molecule has 0 fully saturated rings. The van der Waals surface area contributed by atoms with Gasteiger partial charge in [0.2, 0.25) is 0 Å². The van der Waals surface area contributed by atoms with Gasteiger partial charge in [0.15, 0.2) is 0 Å². The number of aromatic nitrogens is 3. The minimum atomic E-state index is -0.585. The largest absolute Gasteiger partial charge is 0.491 e. The van der Waals surface area contributed by atoms with E-state index in [1.54, 1.807) is 11.7 Å². The van der Waals surface area contributed by atoms with Crippen LogP contribution in [0.2, 0.25) is 0 Å². The zero-order valence-corrected chi connectivity index (χ0v) is 9.65. The van der Waals surface area contributed by atoms with Crippen LogP contribution in [-0.2, 0) is 13.5 Å². The number of nitrogens with zero attached hydrogens (tertiary/aromatic N) is 3. The quantitative estimate of drug-likeness (QED) is 0.829. The minimum absolute atomic E-state index is 0.247. The second kappa shape index (κ2) is 5.45. The monoisotopic (exact) mass is 233 g/mol. The molecule has 0 aliphatic carbocycles.